The summed E-state index contributed by atoms with van der Waals surface area (Å²) in [6.45, 7) is 19.5. The number of aryl methyl sites for hydroxylation is 4. The van der Waals surface area contributed by atoms with Crippen LogP contribution in [-0.4, -0.2) is 39.0 Å². The van der Waals surface area contributed by atoms with Gasteiger partial charge in [0, 0.05) is 74.0 Å². The van der Waals surface area contributed by atoms with Gasteiger partial charge in [0.2, 0.25) is 5.91 Å². The second-order valence-electron chi connectivity index (χ2n) is 11.5. The van der Waals surface area contributed by atoms with Crippen molar-refractivity contribution in [1.29, 1.82) is 10.8 Å². The summed E-state index contributed by atoms with van der Waals surface area (Å²) >= 11 is 0. The predicted molar refractivity (Wildman–Crippen MR) is 212 cm³/mol. The summed E-state index contributed by atoms with van der Waals surface area (Å²) in [6.07, 6.45) is 9.27. The van der Waals surface area contributed by atoms with E-state index in [1.165, 1.54) is 36.1 Å². The lowest BCUT2D eigenvalue weighted by atomic mass is 10.1. The second kappa shape index (κ2) is 33.1. The number of amides is 1. The first-order valence-electron chi connectivity index (χ1n) is 16.7. The number of carboxylic acids is 2. The fourth-order valence-electron chi connectivity index (χ4n) is 3.37. The van der Waals surface area contributed by atoms with Crippen LogP contribution in [0.25, 0.3) is 0 Å². The van der Waals surface area contributed by atoms with Crippen molar-refractivity contribution in [3.05, 3.63) is 153 Å². The second-order valence-corrected chi connectivity index (χ2v) is 11.5. The first-order valence-corrected chi connectivity index (χ1v) is 16.7. The molecule has 294 valence electrons. The zero-order chi connectivity index (χ0) is 42.8. The molecule has 2 N–H and O–H groups in total. The molecule has 0 fully saturated rings. The third-order valence-corrected chi connectivity index (χ3v) is 6.17. The number of nitroso groups, excluding NO2 is 1. The molecule has 0 heterocycles. The largest absolute Gasteiger partial charge is 0.481 e. The van der Waals surface area contributed by atoms with Crippen LogP contribution in [-0.2, 0) is 43.5 Å². The van der Waals surface area contributed by atoms with Crippen molar-refractivity contribution < 1.29 is 34.2 Å². The van der Waals surface area contributed by atoms with E-state index in [4.69, 9.17) is 30.6 Å². The van der Waals surface area contributed by atoms with Crippen LogP contribution in [0.4, 0.5) is 0 Å². The Morgan fingerprint density at radius 2 is 1.13 bits per heavy atom. The van der Waals surface area contributed by atoms with Gasteiger partial charge in [-0.15, -0.1) is 10.0 Å². The first-order chi connectivity index (χ1) is 25.9. The molecule has 1 aliphatic carbocycles. The van der Waals surface area contributed by atoms with Crippen molar-refractivity contribution in [2.24, 2.45) is 15.7 Å². The lowest BCUT2D eigenvalue weighted by molar-refractivity contribution is -0.142. The highest BCUT2D eigenvalue weighted by molar-refractivity contribution is 5.72. The molecule has 0 unspecified atom stereocenters. The summed E-state index contributed by atoms with van der Waals surface area (Å²) in [5.74, 6) is -2.47. The van der Waals surface area contributed by atoms with Crippen LogP contribution >= 0.6 is 0 Å². The molecule has 0 aromatic heterocycles. The van der Waals surface area contributed by atoms with Gasteiger partial charge >= 0.3 is 5.97 Å². The zero-order valence-electron chi connectivity index (χ0n) is 33.1. The van der Waals surface area contributed by atoms with E-state index in [1.807, 2.05) is 74.9 Å². The van der Waals surface area contributed by atoms with E-state index in [9.17, 15) is 14.5 Å². The van der Waals surface area contributed by atoms with Crippen molar-refractivity contribution in [1.82, 2.24) is 5.01 Å². The Morgan fingerprint density at radius 1 is 0.727 bits per heavy atom. The number of hydrogen-bond donors (Lipinski definition) is 2. The van der Waals surface area contributed by atoms with Crippen molar-refractivity contribution in [2.45, 2.75) is 81.8 Å². The number of hydrogen-bond acceptors (Lipinski definition) is 11. The predicted octanol–water partition coefficient (Wildman–Crippen LogP) is 9.48. The average molecular weight is 758 g/mol. The number of allylic oxidation sites excluding steroid dienone is 5. The van der Waals surface area contributed by atoms with Gasteiger partial charge in [0.05, 0.1) is 23.9 Å². The maximum absolute atomic E-state index is 10.9. The van der Waals surface area contributed by atoms with Crippen molar-refractivity contribution >= 4 is 23.8 Å². The molecular weight excluding hydrogens is 704 g/mol. The molecule has 14 heteroatoms. The number of benzene rings is 3. The molecule has 3 aromatic carbocycles. The summed E-state index contributed by atoms with van der Waals surface area (Å²) < 4.78 is 0. The van der Waals surface area contributed by atoms with Crippen LogP contribution in [0.1, 0.15) is 74.9 Å². The Bertz CT molecular complexity index is 1670. The normalized spacial score (nSPS) is 10.2. The minimum Gasteiger partial charge on any atom is -0.481 e. The molecule has 1 aliphatic rings. The van der Waals surface area contributed by atoms with E-state index < -0.39 is 17.9 Å². The first kappa shape index (κ1) is 52.6. The number of carboxylic acid groups (broad SMARTS) is 2. The maximum atomic E-state index is 10.9. The van der Waals surface area contributed by atoms with E-state index >= 15 is 0 Å². The van der Waals surface area contributed by atoms with E-state index in [0.29, 0.717) is 6.54 Å². The fraction of sp³-hybridized carbons (Fsp3) is 0.293. The Morgan fingerprint density at radius 3 is 1.44 bits per heavy atom. The number of aliphatic carboxylic acids is 2. The highest BCUT2D eigenvalue weighted by Crippen LogP contribution is 2.11. The summed E-state index contributed by atoms with van der Waals surface area (Å²) in [5, 5.41) is 37.3. The third kappa shape index (κ3) is 35.4. The molecule has 0 radical (unpaired) electrons. The van der Waals surface area contributed by atoms with E-state index in [1.54, 1.807) is 0 Å². The summed E-state index contributed by atoms with van der Waals surface area (Å²) in [6, 6.07) is 24.2. The summed E-state index contributed by atoms with van der Waals surface area (Å²) in [7, 11) is 0. The molecule has 0 saturated carbocycles. The summed E-state index contributed by atoms with van der Waals surface area (Å²) in [5.41, 5.74) is 9.39. The topological polar surface area (TPSA) is 223 Å². The smallest absolute Gasteiger partial charge is 0.333 e. The Hall–Kier alpha value is -6.75. The molecule has 1 amide bonds. The van der Waals surface area contributed by atoms with Crippen LogP contribution in [0, 0.1) is 42.9 Å². The molecule has 14 nitrogen and oxygen atoms in total. The number of rotatable bonds is 7. The zero-order valence-corrected chi connectivity index (χ0v) is 33.1. The third-order valence-electron chi connectivity index (χ3n) is 6.17. The Balaban J connectivity index is -0.000000616. The van der Waals surface area contributed by atoms with E-state index in [-0.39, 0.29) is 12.5 Å². The van der Waals surface area contributed by atoms with E-state index in [2.05, 4.69) is 84.3 Å². The van der Waals surface area contributed by atoms with Gasteiger partial charge in [-0.1, -0.05) is 96.4 Å². The summed E-state index contributed by atoms with van der Waals surface area (Å²) in [4.78, 5) is 53.8. The molecule has 4 rings (SSSR count). The SMILES string of the molecule is C=C1C=CC(C)=C[CH+]1.CC(=O)N(Cc1ccc(C)cc1)N=O.CC(=O)O.CC(=O)O.CC(=O)ON=NCc1ccc(C)cc1.CCc1ccc(C)cc1.N#N. The minimum atomic E-state index is -0.833. The molecule has 0 atom stereocenters. The lowest BCUT2D eigenvalue weighted by Gasteiger charge is -2.10. The number of nitrogens with zero attached hydrogens (tertiary/aromatic N) is 6. The minimum absolute atomic E-state index is 0.235. The van der Waals surface area contributed by atoms with Crippen LogP contribution in [0.15, 0.2) is 124 Å². The van der Waals surface area contributed by atoms with Crippen molar-refractivity contribution in [3.8, 4) is 0 Å². The molecular formula is C41H53N6O8+. The lowest BCUT2D eigenvalue weighted by Crippen LogP contribution is -2.21. The fourth-order valence-corrected chi connectivity index (χ4v) is 3.37. The van der Waals surface area contributed by atoms with Gasteiger partial charge < -0.3 is 15.1 Å². The Labute approximate surface area is 324 Å². The van der Waals surface area contributed by atoms with Gasteiger partial charge in [0.15, 0.2) is 0 Å². The van der Waals surface area contributed by atoms with Gasteiger partial charge in [0.1, 0.15) is 0 Å². The monoisotopic (exact) mass is 757 g/mol. The quantitative estimate of drug-likeness (QED) is 0.0763. The maximum Gasteiger partial charge on any atom is 0.333 e. The van der Waals surface area contributed by atoms with Crippen LogP contribution < -0.4 is 0 Å². The van der Waals surface area contributed by atoms with Crippen molar-refractivity contribution in [2.75, 3.05) is 0 Å². The average Bonchev–Trinajstić information content (AvgIpc) is 3.13. The molecule has 0 spiro atoms. The molecule has 0 aliphatic heterocycles. The van der Waals surface area contributed by atoms with E-state index in [0.717, 1.165) is 47.5 Å². The number of carbonyl (C=O) groups excluding carboxylic acids is 2. The van der Waals surface area contributed by atoms with Gasteiger partial charge in [-0.3, -0.25) is 14.4 Å². The van der Waals surface area contributed by atoms with Crippen molar-refractivity contribution in [3.63, 3.8) is 0 Å². The van der Waals surface area contributed by atoms with Crippen LogP contribution in [0.2, 0.25) is 0 Å². The molecule has 55 heavy (non-hydrogen) atoms. The molecule has 0 saturated heterocycles. The molecule has 3 aromatic rings. The van der Waals surface area contributed by atoms with Gasteiger partial charge in [-0.2, -0.15) is 5.01 Å². The van der Waals surface area contributed by atoms with Crippen LogP contribution in [0.3, 0.4) is 0 Å². The van der Waals surface area contributed by atoms with Gasteiger partial charge in [0.25, 0.3) is 11.9 Å². The highest BCUT2D eigenvalue weighted by atomic mass is 16.7. The van der Waals surface area contributed by atoms with Gasteiger partial charge in [-0.05, 0) is 57.4 Å². The Kier molecular flexibility index (Phi) is 31.7. The highest BCUT2D eigenvalue weighted by Gasteiger charge is 2.08. The standard InChI is InChI=1S/2C10H12N2O2.C9H12.C8H9.2C2H4O2.N2/c1-8-3-5-10(6-4-8)7-12(11-14)9(2)13;1-8-3-5-10(6-4-8)7-11-12-14-9(2)13;1-3-9-6-4-8(2)5-7-9;1-7-3-5-8(2)6-4-7;2*1-2(3)4;1-2/h2*3-6H,7H2,1-2H3;4-7H,3H2,1-2H3;3-6H,1H2,2H3;2*1H3,(H,3,4);/q;;;+1;;;. The number of carbonyl (C=O) groups is 4. The molecule has 0 bridgehead atoms. The van der Waals surface area contributed by atoms with Gasteiger partial charge in [-0.25, -0.2) is 4.79 Å². The van der Waals surface area contributed by atoms with Crippen LogP contribution in [0.5, 0.6) is 0 Å².